The second-order valence-electron chi connectivity index (χ2n) is 5.31. The van der Waals surface area contributed by atoms with Crippen molar-refractivity contribution in [1.82, 2.24) is 4.90 Å². The van der Waals surface area contributed by atoms with E-state index in [9.17, 15) is 5.11 Å². The summed E-state index contributed by atoms with van der Waals surface area (Å²) in [5, 5.41) is 9.76. The van der Waals surface area contributed by atoms with Crippen molar-refractivity contribution in [2.45, 2.75) is 64.0 Å². The third-order valence-electron chi connectivity index (χ3n) is 4.27. The van der Waals surface area contributed by atoms with Crippen molar-refractivity contribution in [3.8, 4) is 0 Å². The molecule has 2 aliphatic rings. The fraction of sp³-hybridized carbons (Fsp3) is 1.00. The molecule has 0 aromatic heterocycles. The fourth-order valence-corrected chi connectivity index (χ4v) is 3.35. The minimum Gasteiger partial charge on any atom is -0.392 e. The van der Waals surface area contributed by atoms with Crippen LogP contribution in [0.15, 0.2) is 0 Å². The van der Waals surface area contributed by atoms with Gasteiger partial charge in [-0.3, -0.25) is 4.90 Å². The monoisotopic (exact) mass is 211 g/mol. The highest BCUT2D eigenvalue weighted by Crippen LogP contribution is 2.35. The Balaban J connectivity index is 1.91. The van der Waals surface area contributed by atoms with Crippen molar-refractivity contribution in [1.29, 1.82) is 0 Å². The molecule has 2 heteroatoms. The van der Waals surface area contributed by atoms with Crippen LogP contribution in [0.4, 0.5) is 0 Å². The van der Waals surface area contributed by atoms with Crippen molar-refractivity contribution >= 4 is 0 Å². The van der Waals surface area contributed by atoms with E-state index >= 15 is 0 Å². The van der Waals surface area contributed by atoms with Crippen LogP contribution in [0.2, 0.25) is 0 Å². The van der Waals surface area contributed by atoms with Gasteiger partial charge >= 0.3 is 0 Å². The summed E-state index contributed by atoms with van der Waals surface area (Å²) >= 11 is 0. The maximum atomic E-state index is 9.76. The zero-order chi connectivity index (χ0) is 10.7. The molecule has 1 heterocycles. The van der Waals surface area contributed by atoms with Gasteiger partial charge in [-0.1, -0.05) is 19.8 Å². The first-order valence-corrected chi connectivity index (χ1v) is 6.73. The van der Waals surface area contributed by atoms with E-state index in [1.54, 1.807) is 0 Å². The van der Waals surface area contributed by atoms with Gasteiger partial charge in [-0.25, -0.2) is 0 Å². The van der Waals surface area contributed by atoms with Crippen LogP contribution in [0.5, 0.6) is 0 Å². The van der Waals surface area contributed by atoms with E-state index in [-0.39, 0.29) is 6.10 Å². The molecule has 2 rings (SSSR count). The lowest BCUT2D eigenvalue weighted by Gasteiger charge is -2.44. The van der Waals surface area contributed by atoms with Crippen molar-refractivity contribution in [3.05, 3.63) is 0 Å². The largest absolute Gasteiger partial charge is 0.392 e. The summed E-state index contributed by atoms with van der Waals surface area (Å²) in [6.07, 6.45) is 9.22. The molecule has 1 aliphatic carbocycles. The van der Waals surface area contributed by atoms with Gasteiger partial charge in [0.05, 0.1) is 6.10 Å². The van der Waals surface area contributed by atoms with Crippen molar-refractivity contribution in [3.63, 3.8) is 0 Å². The Bertz CT molecular complexity index is 193. The summed E-state index contributed by atoms with van der Waals surface area (Å²) in [6.45, 7) is 4.21. The highest BCUT2D eigenvalue weighted by Gasteiger charge is 2.33. The number of rotatable bonds is 3. The van der Waals surface area contributed by atoms with Crippen molar-refractivity contribution < 1.29 is 5.11 Å². The molecule has 2 nitrogen and oxygen atoms in total. The number of likely N-dealkylation sites (tertiary alicyclic amines) is 1. The van der Waals surface area contributed by atoms with E-state index in [0.717, 1.165) is 24.9 Å². The number of fused-ring (bicyclic) bond motifs is 1. The van der Waals surface area contributed by atoms with Crippen LogP contribution in [0.25, 0.3) is 0 Å². The van der Waals surface area contributed by atoms with Gasteiger partial charge in [0, 0.05) is 12.6 Å². The van der Waals surface area contributed by atoms with Crippen LogP contribution in [-0.4, -0.2) is 35.2 Å². The molecule has 1 N–H and O–H groups in total. The van der Waals surface area contributed by atoms with Gasteiger partial charge in [0.2, 0.25) is 0 Å². The van der Waals surface area contributed by atoms with Crippen LogP contribution in [-0.2, 0) is 0 Å². The molecule has 0 aromatic carbocycles. The summed E-state index contributed by atoms with van der Waals surface area (Å²) in [6, 6.07) is 0.800. The number of nitrogens with zero attached hydrogens (tertiary/aromatic N) is 1. The van der Waals surface area contributed by atoms with Gasteiger partial charge < -0.3 is 5.11 Å². The second kappa shape index (κ2) is 5.31. The molecule has 0 bridgehead atoms. The molecule has 0 spiro atoms. The highest BCUT2D eigenvalue weighted by atomic mass is 16.3. The van der Waals surface area contributed by atoms with E-state index in [4.69, 9.17) is 0 Å². The number of aliphatic hydroxyl groups is 1. The lowest BCUT2D eigenvalue weighted by atomic mass is 9.78. The molecular formula is C13H25NO. The van der Waals surface area contributed by atoms with Gasteiger partial charge in [-0.05, 0) is 44.6 Å². The Hall–Kier alpha value is -0.0800. The van der Waals surface area contributed by atoms with Gasteiger partial charge in [0.15, 0.2) is 0 Å². The quantitative estimate of drug-likeness (QED) is 0.775. The number of aliphatic hydroxyl groups excluding tert-OH is 1. The molecule has 1 saturated heterocycles. The third-order valence-corrected chi connectivity index (χ3v) is 4.27. The number of piperidine rings is 1. The van der Waals surface area contributed by atoms with Crippen LogP contribution in [0.1, 0.15) is 51.9 Å². The molecule has 2 fully saturated rings. The summed E-state index contributed by atoms with van der Waals surface area (Å²) in [4.78, 5) is 2.57. The van der Waals surface area contributed by atoms with Gasteiger partial charge in [-0.15, -0.1) is 0 Å². The van der Waals surface area contributed by atoms with E-state index < -0.39 is 0 Å². The Morgan fingerprint density at radius 3 is 2.73 bits per heavy atom. The smallest absolute Gasteiger partial charge is 0.0664 e. The van der Waals surface area contributed by atoms with Gasteiger partial charge in [0.25, 0.3) is 0 Å². The molecular weight excluding hydrogens is 186 g/mol. The van der Waals surface area contributed by atoms with Crippen molar-refractivity contribution in [2.24, 2.45) is 5.92 Å². The zero-order valence-corrected chi connectivity index (χ0v) is 9.99. The van der Waals surface area contributed by atoms with Crippen LogP contribution < -0.4 is 0 Å². The summed E-state index contributed by atoms with van der Waals surface area (Å²) < 4.78 is 0. The van der Waals surface area contributed by atoms with Crippen molar-refractivity contribution in [2.75, 3.05) is 13.1 Å². The number of hydrogen-bond donors (Lipinski definition) is 1. The first-order chi connectivity index (χ1) is 7.31. The minimum absolute atomic E-state index is 0.106. The van der Waals surface area contributed by atoms with E-state index in [1.165, 1.54) is 45.1 Å². The molecule has 88 valence electrons. The molecule has 0 radical (unpaired) electrons. The van der Waals surface area contributed by atoms with Gasteiger partial charge in [-0.2, -0.15) is 0 Å². The Morgan fingerprint density at radius 2 is 1.93 bits per heavy atom. The topological polar surface area (TPSA) is 23.5 Å². The first kappa shape index (κ1) is 11.4. The Labute approximate surface area is 93.7 Å². The summed E-state index contributed by atoms with van der Waals surface area (Å²) in [5.74, 6) is 0.941. The van der Waals surface area contributed by atoms with Gasteiger partial charge in [0.1, 0.15) is 0 Å². The average Bonchev–Trinajstić information content (AvgIpc) is 2.29. The SMILES string of the molecule is CCC(O)CN1CCC[C@H]2CCCC[C@H]21. The van der Waals surface area contributed by atoms with Crippen LogP contribution in [0.3, 0.4) is 0 Å². The molecule has 15 heavy (non-hydrogen) atoms. The van der Waals surface area contributed by atoms with Crippen LogP contribution in [0, 0.1) is 5.92 Å². The van der Waals surface area contributed by atoms with E-state index in [2.05, 4.69) is 11.8 Å². The van der Waals surface area contributed by atoms with E-state index in [0.29, 0.717) is 0 Å². The van der Waals surface area contributed by atoms with Crippen LogP contribution >= 0.6 is 0 Å². The second-order valence-corrected chi connectivity index (χ2v) is 5.31. The maximum Gasteiger partial charge on any atom is 0.0664 e. The number of β-amino-alcohol motifs (C(OH)–C–C–N with tert-alkyl or cyclic N) is 1. The Kier molecular flexibility index (Phi) is 4.04. The predicted octanol–water partition coefficient (Wildman–Crippen LogP) is 2.41. The molecule has 0 amide bonds. The first-order valence-electron chi connectivity index (χ1n) is 6.73. The maximum absolute atomic E-state index is 9.76. The number of hydrogen-bond acceptors (Lipinski definition) is 2. The average molecular weight is 211 g/mol. The fourth-order valence-electron chi connectivity index (χ4n) is 3.35. The highest BCUT2D eigenvalue weighted by molar-refractivity contribution is 4.87. The summed E-state index contributed by atoms with van der Waals surface area (Å²) in [5.41, 5.74) is 0. The minimum atomic E-state index is -0.106. The summed E-state index contributed by atoms with van der Waals surface area (Å²) in [7, 11) is 0. The zero-order valence-electron chi connectivity index (χ0n) is 9.99. The lowest BCUT2D eigenvalue weighted by Crippen LogP contribution is -2.49. The Morgan fingerprint density at radius 1 is 1.20 bits per heavy atom. The standard InChI is InChI=1S/C13H25NO/c1-2-12(15)10-14-9-5-7-11-6-3-4-8-13(11)14/h11-13,15H,2-10H2,1H3/t11-,12?,13-/m1/s1. The normalized spacial score (nSPS) is 34.8. The van der Waals surface area contributed by atoms with E-state index in [1.807, 2.05) is 0 Å². The predicted molar refractivity (Wildman–Crippen MR) is 62.9 cm³/mol. The molecule has 1 saturated carbocycles. The third kappa shape index (κ3) is 2.73. The molecule has 1 aliphatic heterocycles. The molecule has 1 unspecified atom stereocenters. The molecule has 3 atom stereocenters. The lowest BCUT2D eigenvalue weighted by molar-refractivity contribution is 0.0201. The molecule has 0 aromatic rings.